The van der Waals surface area contributed by atoms with Crippen LogP contribution in [0.15, 0.2) is 43.0 Å². The van der Waals surface area contributed by atoms with Gasteiger partial charge < -0.3 is 17.0 Å². The van der Waals surface area contributed by atoms with Crippen molar-refractivity contribution in [1.29, 1.82) is 0 Å². The lowest BCUT2D eigenvalue weighted by Crippen LogP contribution is -3.00. The summed E-state index contributed by atoms with van der Waals surface area (Å²) in [5.41, 5.74) is 1.09. The van der Waals surface area contributed by atoms with Crippen molar-refractivity contribution in [2.24, 2.45) is 0 Å². The quantitative estimate of drug-likeness (QED) is 0.579. The van der Waals surface area contributed by atoms with Crippen LogP contribution < -0.4 is 21.5 Å². The van der Waals surface area contributed by atoms with Crippen molar-refractivity contribution in [2.45, 2.75) is 13.5 Å². The van der Waals surface area contributed by atoms with E-state index in [2.05, 4.69) is 12.0 Å². The summed E-state index contributed by atoms with van der Waals surface area (Å²) in [4.78, 5) is 0. The van der Waals surface area contributed by atoms with E-state index in [9.17, 15) is 0 Å². The van der Waals surface area contributed by atoms with Crippen LogP contribution in [0.3, 0.4) is 0 Å². The average molecular weight is 254 g/mol. The smallest absolute Gasteiger partial charge is 0.265 e. The minimum atomic E-state index is 0. The molecule has 0 N–H and O–H groups in total. The highest BCUT2D eigenvalue weighted by Crippen LogP contribution is 2.01. The molecule has 74 valence electrons. The standard InChI is InChI=1S/C10H12N3.BrH/c1-2-12-8-11-13(9-12)10-6-4-3-5-7-10;/h3-9H,2H2,1H3;1H/q+1;/p-1. The van der Waals surface area contributed by atoms with Gasteiger partial charge in [-0.05, 0) is 19.1 Å². The molecule has 0 amide bonds. The van der Waals surface area contributed by atoms with Crippen molar-refractivity contribution in [2.75, 3.05) is 0 Å². The van der Waals surface area contributed by atoms with E-state index >= 15 is 0 Å². The third kappa shape index (κ3) is 2.20. The molecule has 0 saturated carbocycles. The number of hydrogen-bond donors (Lipinski definition) is 0. The SMILES string of the molecule is CC[n+]1cnn(-c2ccccc2)c1.[Br-]. The number of para-hydroxylation sites is 1. The summed E-state index contributed by atoms with van der Waals surface area (Å²) in [5, 5.41) is 4.24. The van der Waals surface area contributed by atoms with Gasteiger partial charge in [-0.15, -0.1) is 0 Å². The van der Waals surface area contributed by atoms with Crippen LogP contribution >= 0.6 is 0 Å². The Hall–Kier alpha value is -1.16. The highest BCUT2D eigenvalue weighted by Gasteiger charge is 2.05. The lowest BCUT2D eigenvalue weighted by atomic mass is 10.3. The van der Waals surface area contributed by atoms with E-state index in [4.69, 9.17) is 0 Å². The molecule has 2 aromatic rings. The van der Waals surface area contributed by atoms with Crippen molar-refractivity contribution < 1.29 is 21.5 Å². The molecule has 0 atom stereocenters. The summed E-state index contributed by atoms with van der Waals surface area (Å²) < 4.78 is 3.90. The van der Waals surface area contributed by atoms with Crippen LogP contribution in [0, 0.1) is 0 Å². The second kappa shape index (κ2) is 4.91. The molecule has 1 aromatic carbocycles. The van der Waals surface area contributed by atoms with E-state index in [1.807, 2.05) is 52.2 Å². The van der Waals surface area contributed by atoms with E-state index in [1.54, 1.807) is 0 Å². The fourth-order valence-electron chi connectivity index (χ4n) is 1.20. The minimum Gasteiger partial charge on any atom is -1.00 e. The number of rotatable bonds is 2. The number of hydrogen-bond acceptors (Lipinski definition) is 1. The summed E-state index contributed by atoms with van der Waals surface area (Å²) in [6, 6.07) is 10.1. The van der Waals surface area contributed by atoms with Crippen LogP contribution in [0.2, 0.25) is 0 Å². The Balaban J connectivity index is 0.000000980. The number of benzene rings is 1. The molecule has 1 heterocycles. The van der Waals surface area contributed by atoms with Crippen LogP contribution in [0.5, 0.6) is 0 Å². The van der Waals surface area contributed by atoms with Gasteiger partial charge in [0.2, 0.25) is 6.33 Å². The van der Waals surface area contributed by atoms with Crippen molar-refractivity contribution >= 4 is 0 Å². The van der Waals surface area contributed by atoms with Gasteiger partial charge in [0, 0.05) is 5.10 Å². The highest BCUT2D eigenvalue weighted by atomic mass is 79.9. The maximum Gasteiger partial charge on any atom is 0.265 e. The van der Waals surface area contributed by atoms with Gasteiger partial charge >= 0.3 is 0 Å². The summed E-state index contributed by atoms with van der Waals surface area (Å²) in [6.45, 7) is 3.05. The van der Waals surface area contributed by atoms with Gasteiger partial charge in [0.15, 0.2) is 0 Å². The third-order valence-electron chi connectivity index (χ3n) is 1.97. The van der Waals surface area contributed by atoms with Gasteiger partial charge in [-0.2, -0.15) is 0 Å². The topological polar surface area (TPSA) is 21.7 Å². The average Bonchev–Trinajstić information content (AvgIpc) is 2.67. The van der Waals surface area contributed by atoms with Crippen LogP contribution in [0.25, 0.3) is 5.69 Å². The van der Waals surface area contributed by atoms with Crippen LogP contribution in [-0.2, 0) is 6.54 Å². The zero-order valence-electron chi connectivity index (χ0n) is 7.97. The summed E-state index contributed by atoms with van der Waals surface area (Å²) in [6.07, 6.45) is 3.81. The number of halogens is 1. The molecule has 0 radical (unpaired) electrons. The van der Waals surface area contributed by atoms with Gasteiger partial charge in [0.1, 0.15) is 5.69 Å². The molecule has 0 aliphatic heterocycles. The monoisotopic (exact) mass is 253 g/mol. The summed E-state index contributed by atoms with van der Waals surface area (Å²) in [5.74, 6) is 0. The maximum absolute atomic E-state index is 4.24. The van der Waals surface area contributed by atoms with Crippen molar-refractivity contribution in [1.82, 2.24) is 9.78 Å². The fraction of sp³-hybridized carbons (Fsp3) is 0.200. The van der Waals surface area contributed by atoms with Gasteiger partial charge in [0.25, 0.3) is 6.33 Å². The molecular formula is C10H12BrN3. The first-order valence-corrected chi connectivity index (χ1v) is 4.39. The molecule has 3 nitrogen and oxygen atoms in total. The van der Waals surface area contributed by atoms with E-state index in [-0.39, 0.29) is 17.0 Å². The number of aromatic nitrogens is 3. The molecular weight excluding hydrogens is 242 g/mol. The molecule has 0 aliphatic carbocycles. The molecule has 1 aromatic heterocycles. The summed E-state index contributed by atoms with van der Waals surface area (Å²) in [7, 11) is 0. The minimum absolute atomic E-state index is 0. The molecule has 0 saturated heterocycles. The normalized spacial score (nSPS) is 9.50. The predicted octanol–water partition coefficient (Wildman–Crippen LogP) is -1.82. The van der Waals surface area contributed by atoms with Crippen molar-refractivity contribution in [3.63, 3.8) is 0 Å². The third-order valence-corrected chi connectivity index (χ3v) is 1.97. The lowest BCUT2D eigenvalue weighted by Gasteiger charge is -1.90. The van der Waals surface area contributed by atoms with Crippen LogP contribution in [-0.4, -0.2) is 9.78 Å². The molecule has 0 unspecified atom stereocenters. The first-order chi connectivity index (χ1) is 6.40. The number of nitrogens with zero attached hydrogens (tertiary/aromatic N) is 3. The Kier molecular flexibility index (Phi) is 3.83. The fourth-order valence-corrected chi connectivity index (χ4v) is 1.20. The van der Waals surface area contributed by atoms with E-state index < -0.39 is 0 Å². The van der Waals surface area contributed by atoms with E-state index in [0.29, 0.717) is 0 Å². The van der Waals surface area contributed by atoms with Crippen LogP contribution in [0.1, 0.15) is 6.92 Å². The Morgan fingerprint density at radius 1 is 1.29 bits per heavy atom. The first kappa shape index (κ1) is 10.9. The zero-order valence-corrected chi connectivity index (χ0v) is 9.55. The molecule has 2 rings (SSSR count). The maximum atomic E-state index is 4.24. The largest absolute Gasteiger partial charge is 1.00 e. The molecule has 0 aliphatic rings. The van der Waals surface area contributed by atoms with Gasteiger partial charge in [-0.25, -0.2) is 4.57 Å². The van der Waals surface area contributed by atoms with Crippen molar-refractivity contribution in [3.05, 3.63) is 43.0 Å². The first-order valence-electron chi connectivity index (χ1n) is 4.39. The second-order valence-corrected chi connectivity index (χ2v) is 2.86. The van der Waals surface area contributed by atoms with Gasteiger partial charge in [-0.1, -0.05) is 22.9 Å². The Morgan fingerprint density at radius 3 is 2.57 bits per heavy atom. The molecule has 0 fully saturated rings. The zero-order chi connectivity index (χ0) is 9.10. The summed E-state index contributed by atoms with van der Waals surface area (Å²) >= 11 is 0. The highest BCUT2D eigenvalue weighted by molar-refractivity contribution is 5.28. The van der Waals surface area contributed by atoms with Gasteiger partial charge in [0.05, 0.1) is 6.54 Å². The van der Waals surface area contributed by atoms with Gasteiger partial charge in [-0.3, -0.25) is 0 Å². The Morgan fingerprint density at radius 2 is 2.00 bits per heavy atom. The molecule has 0 bridgehead atoms. The Bertz CT molecular complexity index is 383. The second-order valence-electron chi connectivity index (χ2n) is 2.86. The predicted molar refractivity (Wildman–Crippen MR) is 49.4 cm³/mol. The van der Waals surface area contributed by atoms with E-state index in [0.717, 1.165) is 12.2 Å². The lowest BCUT2D eigenvalue weighted by molar-refractivity contribution is -0.694. The molecule has 0 spiro atoms. The van der Waals surface area contributed by atoms with Crippen LogP contribution in [0.4, 0.5) is 0 Å². The molecule has 4 heteroatoms. The number of aryl methyl sites for hydroxylation is 1. The molecule has 14 heavy (non-hydrogen) atoms. The Labute approximate surface area is 93.8 Å². The van der Waals surface area contributed by atoms with E-state index in [1.165, 1.54) is 0 Å². The van der Waals surface area contributed by atoms with Crippen molar-refractivity contribution in [3.8, 4) is 5.69 Å².